The molecule has 2 aliphatic carbocycles. The van der Waals surface area contributed by atoms with Crippen molar-refractivity contribution in [3.8, 4) is 11.5 Å². The topological polar surface area (TPSA) is 149 Å². The van der Waals surface area contributed by atoms with Crippen LogP contribution in [0.4, 0.5) is 0 Å². The molecule has 2 N–H and O–H groups in total. The molecule has 44 heavy (non-hydrogen) atoms. The second kappa shape index (κ2) is 10.7. The summed E-state index contributed by atoms with van der Waals surface area (Å²) in [7, 11) is 1.97. The third-order valence-corrected chi connectivity index (χ3v) is 9.63. The largest absolute Gasteiger partial charge is 0.504 e. The van der Waals surface area contributed by atoms with Gasteiger partial charge in [0.25, 0.3) is 0 Å². The molecule has 1 spiro atoms. The number of Topliss-reactive ketones (excluding diaryl/α,β-unsaturated/α-hetero) is 1. The number of likely N-dealkylation sites (N-methyl/N-ethyl adjacent to an activating group) is 1. The van der Waals surface area contributed by atoms with Crippen molar-refractivity contribution >= 4 is 23.7 Å². The van der Waals surface area contributed by atoms with Gasteiger partial charge in [-0.1, -0.05) is 36.4 Å². The van der Waals surface area contributed by atoms with Crippen molar-refractivity contribution in [1.82, 2.24) is 4.90 Å². The lowest BCUT2D eigenvalue weighted by Crippen LogP contribution is -2.74. The van der Waals surface area contributed by atoms with E-state index >= 15 is 0 Å². The minimum Gasteiger partial charge on any atom is -0.504 e. The molecule has 0 unspecified atom stereocenters. The Balaban J connectivity index is 1.28. The number of aromatic hydroxyl groups is 1. The highest BCUT2D eigenvalue weighted by atomic mass is 16.6. The van der Waals surface area contributed by atoms with Crippen molar-refractivity contribution in [2.75, 3.05) is 13.6 Å². The lowest BCUT2D eigenvalue weighted by molar-refractivity contribution is -0.182. The van der Waals surface area contributed by atoms with Gasteiger partial charge in [0.05, 0.1) is 11.0 Å². The maximum atomic E-state index is 13.6. The van der Waals surface area contributed by atoms with Crippen molar-refractivity contribution in [1.29, 1.82) is 0 Å². The van der Waals surface area contributed by atoms with Crippen LogP contribution in [0.15, 0.2) is 54.3 Å². The molecule has 232 valence electrons. The Hall–Kier alpha value is -4.22. The zero-order valence-corrected chi connectivity index (χ0v) is 24.9. The van der Waals surface area contributed by atoms with Crippen LogP contribution in [0.5, 0.6) is 11.5 Å². The fraction of sp³-hybridized carbons (Fsp3) is 0.455. The number of carbonyl (C=O) groups excluding carboxylic acids is 4. The van der Waals surface area contributed by atoms with E-state index in [1.165, 1.54) is 13.8 Å². The number of benzene rings is 2. The summed E-state index contributed by atoms with van der Waals surface area (Å²) in [6, 6.07) is 11.6. The number of ketones is 1. The van der Waals surface area contributed by atoms with E-state index in [4.69, 9.17) is 18.9 Å². The van der Waals surface area contributed by atoms with Gasteiger partial charge in [-0.15, -0.1) is 0 Å². The lowest BCUT2D eigenvalue weighted by atomic mass is 9.50. The first-order chi connectivity index (χ1) is 20.9. The standard InChI is InChI=1S/C33H35NO10/c1-17(26(41-19(3)36)31(39)44-27(18(2)35)20-8-6-5-7-9-20)30(38)42-23-12-13-33(40)24-16-21-10-11-22(37)28-25(21)32(33,29(23)43-28)14-15-34(24)4/h5-12,17,24,26-27,29,37,40H,13-16H2,1-4H3/t17-,24-,26-,27-,29+,32+,33-/m1/s1. The van der Waals surface area contributed by atoms with E-state index in [1.54, 1.807) is 42.5 Å². The van der Waals surface area contributed by atoms with E-state index in [0.29, 0.717) is 24.9 Å². The molecule has 0 amide bonds. The van der Waals surface area contributed by atoms with E-state index in [-0.39, 0.29) is 29.7 Å². The molecule has 1 fully saturated rings. The van der Waals surface area contributed by atoms with Gasteiger partial charge in [0.15, 0.2) is 29.5 Å². The van der Waals surface area contributed by atoms with E-state index in [0.717, 1.165) is 18.1 Å². The van der Waals surface area contributed by atoms with Crippen molar-refractivity contribution in [3.05, 3.63) is 71.0 Å². The van der Waals surface area contributed by atoms with Crippen molar-refractivity contribution < 1.29 is 48.3 Å². The molecule has 2 aliphatic heterocycles. The monoisotopic (exact) mass is 605 g/mol. The van der Waals surface area contributed by atoms with E-state index in [1.807, 2.05) is 13.1 Å². The molecule has 7 atom stereocenters. The molecule has 0 aromatic heterocycles. The molecular weight excluding hydrogens is 570 g/mol. The van der Waals surface area contributed by atoms with Crippen LogP contribution >= 0.6 is 0 Å². The zero-order valence-electron chi connectivity index (χ0n) is 24.9. The number of carbonyl (C=O) groups is 4. The molecule has 4 aliphatic rings. The molecule has 11 heteroatoms. The van der Waals surface area contributed by atoms with Crippen LogP contribution in [-0.4, -0.2) is 76.2 Å². The van der Waals surface area contributed by atoms with Gasteiger partial charge in [-0.2, -0.15) is 0 Å². The highest BCUT2D eigenvalue weighted by molar-refractivity contribution is 5.89. The zero-order chi connectivity index (χ0) is 31.6. The van der Waals surface area contributed by atoms with Crippen LogP contribution in [0, 0.1) is 5.92 Å². The van der Waals surface area contributed by atoms with Gasteiger partial charge in [-0.3, -0.25) is 14.4 Å². The number of phenols is 1. The Bertz CT molecular complexity index is 1570. The molecule has 0 saturated carbocycles. The Labute approximate surface area is 254 Å². The van der Waals surface area contributed by atoms with Crippen LogP contribution in [0.3, 0.4) is 0 Å². The number of nitrogens with zero attached hydrogens (tertiary/aromatic N) is 1. The third-order valence-electron chi connectivity index (χ3n) is 9.63. The van der Waals surface area contributed by atoms with Gasteiger partial charge in [-0.05, 0) is 63.6 Å². The summed E-state index contributed by atoms with van der Waals surface area (Å²) in [6.07, 6.45) is -1.04. The second-order valence-corrected chi connectivity index (χ2v) is 12.2. The summed E-state index contributed by atoms with van der Waals surface area (Å²) in [4.78, 5) is 53.4. The smallest absolute Gasteiger partial charge is 0.349 e. The van der Waals surface area contributed by atoms with Crippen LogP contribution < -0.4 is 4.74 Å². The Kier molecular flexibility index (Phi) is 7.28. The first-order valence-electron chi connectivity index (χ1n) is 14.7. The quantitative estimate of drug-likeness (QED) is 0.338. The van der Waals surface area contributed by atoms with Gasteiger partial charge < -0.3 is 34.1 Å². The van der Waals surface area contributed by atoms with Gasteiger partial charge in [0.2, 0.25) is 6.10 Å². The highest BCUT2D eigenvalue weighted by Crippen LogP contribution is 2.65. The molecule has 2 bridgehead atoms. The molecule has 11 nitrogen and oxygen atoms in total. The first kappa shape index (κ1) is 29.8. The Morgan fingerprint density at radius 1 is 1.05 bits per heavy atom. The van der Waals surface area contributed by atoms with Crippen LogP contribution in [0.2, 0.25) is 0 Å². The molecule has 0 radical (unpaired) electrons. The fourth-order valence-electron chi connectivity index (χ4n) is 7.50. The van der Waals surface area contributed by atoms with Crippen molar-refractivity contribution in [2.45, 2.75) is 75.4 Å². The predicted molar refractivity (Wildman–Crippen MR) is 153 cm³/mol. The number of phenolic OH excluding ortho intramolecular Hbond substituents is 1. The van der Waals surface area contributed by atoms with Gasteiger partial charge >= 0.3 is 17.9 Å². The minimum atomic E-state index is -1.70. The number of piperidine rings is 1. The predicted octanol–water partition coefficient (Wildman–Crippen LogP) is 2.65. The van der Waals surface area contributed by atoms with E-state index in [2.05, 4.69) is 4.90 Å². The Morgan fingerprint density at radius 3 is 2.45 bits per heavy atom. The molecule has 2 aromatic rings. The van der Waals surface area contributed by atoms with Gasteiger partial charge in [-0.25, -0.2) is 4.79 Å². The first-order valence-corrected chi connectivity index (χ1v) is 14.7. The van der Waals surface area contributed by atoms with E-state index < -0.39 is 58.9 Å². The summed E-state index contributed by atoms with van der Waals surface area (Å²) in [6.45, 7) is 4.37. The SMILES string of the molecule is CC(=O)O[C@@H](C(=O)O[C@H](C(C)=O)c1ccccc1)[C@@H](C)C(=O)OC1=CC[C@@]2(O)[C@H]3Cc4ccc(O)c5c4[C@@]2(CCN3C)[C@H]1O5. The summed E-state index contributed by atoms with van der Waals surface area (Å²) >= 11 is 0. The van der Waals surface area contributed by atoms with E-state index in [9.17, 15) is 29.4 Å². The number of esters is 3. The molecule has 2 aromatic carbocycles. The average molecular weight is 606 g/mol. The van der Waals surface area contributed by atoms with Gasteiger partial charge in [0.1, 0.15) is 11.7 Å². The Morgan fingerprint density at radius 2 is 1.77 bits per heavy atom. The summed E-state index contributed by atoms with van der Waals surface area (Å²) in [5.41, 5.74) is -0.103. The van der Waals surface area contributed by atoms with Crippen molar-refractivity contribution in [2.24, 2.45) is 5.92 Å². The lowest BCUT2D eigenvalue weighted by Gasteiger charge is -2.61. The summed E-state index contributed by atoms with van der Waals surface area (Å²) < 4.78 is 22.9. The number of aliphatic hydroxyl groups is 1. The highest BCUT2D eigenvalue weighted by Gasteiger charge is 2.72. The van der Waals surface area contributed by atoms with Crippen molar-refractivity contribution in [3.63, 3.8) is 0 Å². The number of hydrogen-bond acceptors (Lipinski definition) is 11. The molecule has 6 rings (SSSR count). The molecule has 2 heterocycles. The van der Waals surface area contributed by atoms with Crippen LogP contribution in [0.25, 0.3) is 0 Å². The number of hydrogen-bond donors (Lipinski definition) is 2. The number of likely N-dealkylation sites (tertiary alicyclic amines) is 1. The molecule has 1 saturated heterocycles. The maximum Gasteiger partial charge on any atom is 0.349 e. The maximum absolute atomic E-state index is 13.6. The average Bonchev–Trinajstić information content (AvgIpc) is 3.35. The van der Waals surface area contributed by atoms with Crippen LogP contribution in [-0.2, 0) is 45.2 Å². The van der Waals surface area contributed by atoms with Crippen LogP contribution in [0.1, 0.15) is 56.4 Å². The fourth-order valence-corrected chi connectivity index (χ4v) is 7.50. The number of rotatable bonds is 8. The second-order valence-electron chi connectivity index (χ2n) is 12.2. The summed E-state index contributed by atoms with van der Waals surface area (Å²) in [5.74, 6) is -4.26. The normalized spacial score (nSPS) is 28.3. The minimum absolute atomic E-state index is 0.0672. The van der Waals surface area contributed by atoms with Gasteiger partial charge in [0, 0.05) is 24.9 Å². The molecular formula is C33H35NO10. The number of ether oxygens (including phenoxy) is 4. The summed E-state index contributed by atoms with van der Waals surface area (Å²) in [5, 5.41) is 23.0. The third kappa shape index (κ3) is 4.40.